The quantitative estimate of drug-likeness (QED) is 0.871. The molecule has 0 spiro atoms. The summed E-state index contributed by atoms with van der Waals surface area (Å²) in [6, 6.07) is 3.39. The number of methoxy groups -OCH3 is 1. The van der Waals surface area contributed by atoms with Gasteiger partial charge < -0.3 is 4.74 Å². The molecule has 1 aromatic heterocycles. The van der Waals surface area contributed by atoms with Crippen molar-refractivity contribution in [2.75, 3.05) is 7.11 Å². The minimum atomic E-state index is -3.72. The molecule has 21 heavy (non-hydrogen) atoms. The molecule has 0 amide bonds. The van der Waals surface area contributed by atoms with Crippen LogP contribution in [0.3, 0.4) is 0 Å². The maximum absolute atomic E-state index is 12.9. The highest BCUT2D eigenvalue weighted by atomic mass is 32.2. The average Bonchev–Trinajstić information content (AvgIpc) is 2.91. The van der Waals surface area contributed by atoms with Gasteiger partial charge >= 0.3 is 0 Å². The summed E-state index contributed by atoms with van der Waals surface area (Å²) in [6.45, 7) is 7.62. The molecular formula is C15H20N2O3S. The first kappa shape index (κ1) is 15.6. The van der Waals surface area contributed by atoms with Gasteiger partial charge in [-0.25, -0.2) is 17.4 Å². The molecule has 114 valence electrons. The zero-order chi connectivity index (χ0) is 15.8. The van der Waals surface area contributed by atoms with E-state index in [-0.39, 0.29) is 10.8 Å². The van der Waals surface area contributed by atoms with E-state index in [1.165, 1.54) is 23.5 Å². The zero-order valence-electron chi connectivity index (χ0n) is 12.9. The maximum atomic E-state index is 12.9. The van der Waals surface area contributed by atoms with Gasteiger partial charge in [0, 0.05) is 18.3 Å². The third kappa shape index (κ3) is 2.68. The molecule has 6 heteroatoms. The molecule has 1 aromatic carbocycles. The molecule has 5 nitrogen and oxygen atoms in total. The van der Waals surface area contributed by atoms with Crippen molar-refractivity contribution in [2.24, 2.45) is 0 Å². The Morgan fingerprint density at radius 2 is 1.81 bits per heavy atom. The van der Waals surface area contributed by atoms with Crippen molar-refractivity contribution in [1.82, 2.24) is 8.96 Å². The van der Waals surface area contributed by atoms with Crippen LogP contribution in [-0.2, 0) is 10.0 Å². The second-order valence-electron chi connectivity index (χ2n) is 5.33. The highest BCUT2D eigenvalue weighted by Gasteiger charge is 2.25. The Kier molecular flexibility index (Phi) is 4.09. The number of nitrogens with zero attached hydrogens (tertiary/aromatic N) is 2. The Morgan fingerprint density at radius 1 is 1.19 bits per heavy atom. The van der Waals surface area contributed by atoms with Crippen LogP contribution in [0.1, 0.15) is 36.7 Å². The summed E-state index contributed by atoms with van der Waals surface area (Å²) in [5.41, 5.74) is 1.89. The fourth-order valence-electron chi connectivity index (χ4n) is 2.14. The van der Waals surface area contributed by atoms with E-state index in [0.717, 1.165) is 11.1 Å². The standard InChI is InChI=1S/C15H20N2O3S/c1-10(2)15-16-6-7-17(15)21(18,19)14-9-12(4)11(3)8-13(14)20-5/h6-10H,1-5H3. The molecule has 2 rings (SSSR count). The van der Waals surface area contributed by atoms with Crippen LogP contribution < -0.4 is 4.74 Å². The molecule has 0 saturated heterocycles. The van der Waals surface area contributed by atoms with Crippen molar-refractivity contribution < 1.29 is 13.2 Å². The molecule has 0 atom stereocenters. The molecule has 1 heterocycles. The highest BCUT2D eigenvalue weighted by Crippen LogP contribution is 2.30. The summed E-state index contributed by atoms with van der Waals surface area (Å²) in [5, 5.41) is 0. The molecule has 0 fully saturated rings. The topological polar surface area (TPSA) is 61.2 Å². The number of aromatic nitrogens is 2. The molecule has 0 aliphatic heterocycles. The first-order valence-electron chi connectivity index (χ1n) is 6.73. The lowest BCUT2D eigenvalue weighted by Gasteiger charge is -2.15. The maximum Gasteiger partial charge on any atom is 0.272 e. The Bertz CT molecular complexity index is 761. The number of benzene rings is 1. The smallest absolute Gasteiger partial charge is 0.272 e. The normalized spacial score (nSPS) is 11.9. The third-order valence-corrected chi connectivity index (χ3v) is 5.17. The van der Waals surface area contributed by atoms with Crippen LogP contribution in [0.2, 0.25) is 0 Å². The molecule has 0 aliphatic rings. The van der Waals surface area contributed by atoms with Crippen molar-refractivity contribution in [3.8, 4) is 5.75 Å². The predicted octanol–water partition coefficient (Wildman–Crippen LogP) is 2.87. The van der Waals surface area contributed by atoms with Crippen LogP contribution in [0.25, 0.3) is 0 Å². The van der Waals surface area contributed by atoms with Crippen molar-refractivity contribution in [3.63, 3.8) is 0 Å². The van der Waals surface area contributed by atoms with Gasteiger partial charge in [0.05, 0.1) is 7.11 Å². The summed E-state index contributed by atoms with van der Waals surface area (Å²) < 4.78 is 32.3. The molecule has 0 aliphatic carbocycles. The monoisotopic (exact) mass is 308 g/mol. The van der Waals surface area contributed by atoms with Crippen LogP contribution in [0.5, 0.6) is 5.75 Å². The fraction of sp³-hybridized carbons (Fsp3) is 0.400. The fourth-order valence-corrected chi connectivity index (χ4v) is 3.79. The molecular weight excluding hydrogens is 288 g/mol. The summed E-state index contributed by atoms with van der Waals surface area (Å²) >= 11 is 0. The minimum absolute atomic E-state index is 0.00677. The van der Waals surface area contributed by atoms with Crippen molar-refractivity contribution in [2.45, 2.75) is 38.5 Å². The lowest BCUT2D eigenvalue weighted by molar-refractivity contribution is 0.402. The van der Waals surface area contributed by atoms with Gasteiger partial charge in [-0.2, -0.15) is 0 Å². The lowest BCUT2D eigenvalue weighted by Crippen LogP contribution is -2.17. The Balaban J connectivity index is 2.70. The molecule has 0 bridgehead atoms. The average molecular weight is 308 g/mol. The van der Waals surface area contributed by atoms with Crippen molar-refractivity contribution in [3.05, 3.63) is 41.5 Å². The first-order valence-corrected chi connectivity index (χ1v) is 8.17. The molecule has 0 N–H and O–H groups in total. The van der Waals surface area contributed by atoms with Gasteiger partial charge in [0.1, 0.15) is 16.5 Å². The van der Waals surface area contributed by atoms with E-state index in [4.69, 9.17) is 4.74 Å². The van der Waals surface area contributed by atoms with Crippen LogP contribution in [-0.4, -0.2) is 24.5 Å². The number of ether oxygens (including phenoxy) is 1. The van der Waals surface area contributed by atoms with E-state index in [9.17, 15) is 8.42 Å². The first-order chi connectivity index (χ1) is 9.78. The van der Waals surface area contributed by atoms with Gasteiger partial charge in [0.2, 0.25) is 0 Å². The zero-order valence-corrected chi connectivity index (χ0v) is 13.7. The van der Waals surface area contributed by atoms with E-state index in [1.807, 2.05) is 27.7 Å². The Hall–Kier alpha value is -1.82. The second-order valence-corrected chi connectivity index (χ2v) is 7.11. The number of hydrogen-bond acceptors (Lipinski definition) is 4. The van der Waals surface area contributed by atoms with Crippen molar-refractivity contribution in [1.29, 1.82) is 0 Å². The number of hydrogen-bond donors (Lipinski definition) is 0. The SMILES string of the molecule is COc1cc(C)c(C)cc1S(=O)(=O)n1ccnc1C(C)C. The van der Waals surface area contributed by atoms with E-state index in [1.54, 1.807) is 12.1 Å². The van der Waals surface area contributed by atoms with E-state index in [0.29, 0.717) is 11.6 Å². The number of rotatable bonds is 4. The summed E-state index contributed by atoms with van der Waals surface area (Å²) in [5.74, 6) is 0.865. The van der Waals surface area contributed by atoms with Crippen LogP contribution in [0, 0.1) is 13.8 Å². The van der Waals surface area contributed by atoms with Gasteiger partial charge in [-0.1, -0.05) is 13.8 Å². The Morgan fingerprint density at radius 3 is 2.38 bits per heavy atom. The number of imidazole rings is 1. The summed E-state index contributed by atoms with van der Waals surface area (Å²) in [4.78, 5) is 4.31. The molecule has 0 radical (unpaired) electrons. The van der Waals surface area contributed by atoms with E-state index >= 15 is 0 Å². The van der Waals surface area contributed by atoms with Crippen LogP contribution >= 0.6 is 0 Å². The third-order valence-electron chi connectivity index (χ3n) is 3.47. The largest absolute Gasteiger partial charge is 0.495 e. The molecule has 0 saturated carbocycles. The lowest BCUT2D eigenvalue weighted by atomic mass is 10.1. The molecule has 0 unspecified atom stereocenters. The van der Waals surface area contributed by atoms with Gasteiger partial charge in [-0.3, -0.25) is 0 Å². The van der Waals surface area contributed by atoms with E-state index < -0.39 is 10.0 Å². The predicted molar refractivity (Wildman–Crippen MR) is 81.4 cm³/mol. The number of aryl methyl sites for hydroxylation is 2. The highest BCUT2D eigenvalue weighted by molar-refractivity contribution is 7.90. The van der Waals surface area contributed by atoms with Gasteiger partial charge in [-0.05, 0) is 37.1 Å². The second kappa shape index (κ2) is 5.52. The Labute approximate surface area is 125 Å². The van der Waals surface area contributed by atoms with Gasteiger partial charge in [0.15, 0.2) is 0 Å². The van der Waals surface area contributed by atoms with E-state index in [2.05, 4.69) is 4.98 Å². The molecule has 2 aromatic rings. The minimum Gasteiger partial charge on any atom is -0.495 e. The van der Waals surface area contributed by atoms with Crippen LogP contribution in [0.15, 0.2) is 29.4 Å². The van der Waals surface area contributed by atoms with Crippen LogP contribution in [0.4, 0.5) is 0 Å². The van der Waals surface area contributed by atoms with Crippen molar-refractivity contribution >= 4 is 10.0 Å². The van der Waals surface area contributed by atoms with Gasteiger partial charge in [0.25, 0.3) is 10.0 Å². The summed E-state index contributed by atoms with van der Waals surface area (Å²) in [6.07, 6.45) is 2.97. The van der Waals surface area contributed by atoms with Gasteiger partial charge in [-0.15, -0.1) is 0 Å². The summed E-state index contributed by atoms with van der Waals surface area (Å²) in [7, 11) is -2.25.